The lowest BCUT2D eigenvalue weighted by molar-refractivity contribution is -0.221. The molecule has 0 radical (unpaired) electrons. The maximum absolute atomic E-state index is 15.4. The highest BCUT2D eigenvalue weighted by molar-refractivity contribution is 6.66. The SMILES string of the molecule is O=C(Cl)C(F)(c1c(F)c(F)c(F)c(F)c1F)C(F)(F)C(F)(C(=O)Cl)c1c(F)c(F)c(F)c(F)c1F. The van der Waals surface area contributed by atoms with Gasteiger partial charge in [0.25, 0.3) is 21.8 Å². The highest BCUT2D eigenvalue weighted by Gasteiger charge is 2.78. The number of alkyl halides is 4. The summed E-state index contributed by atoms with van der Waals surface area (Å²) in [6, 6.07) is 0. The summed E-state index contributed by atoms with van der Waals surface area (Å²) in [5.41, 5.74) is -20.1. The van der Waals surface area contributed by atoms with Crippen molar-refractivity contribution < 1.29 is 71.1 Å². The van der Waals surface area contributed by atoms with Crippen molar-refractivity contribution in [1.29, 1.82) is 0 Å². The van der Waals surface area contributed by atoms with Crippen LogP contribution in [0.4, 0.5) is 61.5 Å². The number of benzene rings is 2. The summed E-state index contributed by atoms with van der Waals surface area (Å²) in [6.45, 7) is 0. The van der Waals surface area contributed by atoms with E-state index in [4.69, 9.17) is 0 Å². The van der Waals surface area contributed by atoms with Crippen LogP contribution in [0.1, 0.15) is 11.1 Å². The molecule has 0 spiro atoms. The van der Waals surface area contributed by atoms with Gasteiger partial charge in [0.15, 0.2) is 46.5 Å². The fourth-order valence-electron chi connectivity index (χ4n) is 2.81. The van der Waals surface area contributed by atoms with E-state index in [-0.39, 0.29) is 0 Å². The van der Waals surface area contributed by atoms with E-state index in [1.54, 1.807) is 0 Å². The number of carbonyl (C=O) groups is 2. The molecule has 0 bridgehead atoms. The summed E-state index contributed by atoms with van der Waals surface area (Å²) in [7, 11) is 0. The first-order valence-corrected chi connectivity index (χ1v) is 8.69. The zero-order valence-electron chi connectivity index (χ0n) is 15.4. The highest BCUT2D eigenvalue weighted by atomic mass is 35.5. The molecule has 18 heteroatoms. The second-order valence-corrected chi connectivity index (χ2v) is 7.02. The molecule has 0 amide bonds. The van der Waals surface area contributed by atoms with E-state index in [0.717, 1.165) is 0 Å². The number of hydrogen-bond acceptors (Lipinski definition) is 2. The Balaban J connectivity index is 3.19. The van der Waals surface area contributed by atoms with Crippen LogP contribution in [0.2, 0.25) is 0 Å². The van der Waals surface area contributed by atoms with Gasteiger partial charge in [-0.3, -0.25) is 9.59 Å². The van der Waals surface area contributed by atoms with E-state index in [9.17, 15) is 53.5 Å². The summed E-state index contributed by atoms with van der Waals surface area (Å²) < 4.78 is 198. The Bertz CT molecular complexity index is 1130. The maximum Gasteiger partial charge on any atom is 0.340 e. The monoisotopic (exact) mass is 572 g/mol. The van der Waals surface area contributed by atoms with Crippen LogP contribution in [0.3, 0.4) is 0 Å². The number of rotatable bonds is 6. The van der Waals surface area contributed by atoms with Gasteiger partial charge in [-0.15, -0.1) is 0 Å². The van der Waals surface area contributed by atoms with Gasteiger partial charge in [-0.05, 0) is 23.2 Å². The molecule has 35 heavy (non-hydrogen) atoms. The molecule has 0 saturated heterocycles. The van der Waals surface area contributed by atoms with Crippen molar-refractivity contribution in [3.05, 3.63) is 69.3 Å². The molecule has 192 valence electrons. The zero-order valence-corrected chi connectivity index (χ0v) is 16.9. The van der Waals surface area contributed by atoms with Crippen LogP contribution in [-0.2, 0) is 20.9 Å². The number of halogens is 16. The van der Waals surface area contributed by atoms with Crippen molar-refractivity contribution in [1.82, 2.24) is 0 Å². The van der Waals surface area contributed by atoms with E-state index >= 15 is 17.6 Å². The molecule has 0 aliphatic heterocycles. The first-order chi connectivity index (χ1) is 15.7. The lowest BCUT2D eigenvalue weighted by Crippen LogP contribution is -2.61. The van der Waals surface area contributed by atoms with Gasteiger partial charge in [-0.1, -0.05) is 0 Å². The van der Waals surface area contributed by atoms with E-state index in [1.807, 2.05) is 0 Å². The third kappa shape index (κ3) is 3.55. The third-order valence-corrected chi connectivity index (χ3v) is 5.04. The molecule has 0 saturated carbocycles. The average molecular weight is 573 g/mol. The molecule has 0 aliphatic carbocycles. The smallest absolute Gasteiger partial charge is 0.277 e. The van der Waals surface area contributed by atoms with E-state index in [0.29, 0.717) is 0 Å². The van der Waals surface area contributed by atoms with Gasteiger partial charge in [0.2, 0.25) is 11.6 Å². The molecule has 2 rings (SSSR count). The van der Waals surface area contributed by atoms with E-state index in [1.165, 1.54) is 0 Å². The third-order valence-electron chi connectivity index (χ3n) is 4.52. The molecule has 0 fully saturated rings. The first kappa shape index (κ1) is 28.6. The van der Waals surface area contributed by atoms with Crippen LogP contribution in [0.25, 0.3) is 0 Å². The van der Waals surface area contributed by atoms with Crippen LogP contribution in [0.5, 0.6) is 0 Å². The van der Waals surface area contributed by atoms with Gasteiger partial charge in [0.1, 0.15) is 0 Å². The Hall–Kier alpha value is -2.62. The summed E-state index contributed by atoms with van der Waals surface area (Å²) >= 11 is 8.95. The van der Waals surface area contributed by atoms with Crippen LogP contribution in [0.15, 0.2) is 0 Å². The Morgan fingerprint density at radius 2 is 0.600 bits per heavy atom. The molecule has 2 aromatic rings. The Labute approximate surface area is 192 Å². The summed E-state index contributed by atoms with van der Waals surface area (Å²) in [5, 5.41) is -7.18. The van der Waals surface area contributed by atoms with Crippen molar-refractivity contribution in [3.63, 3.8) is 0 Å². The minimum Gasteiger partial charge on any atom is -0.277 e. The van der Waals surface area contributed by atoms with Crippen LogP contribution < -0.4 is 0 Å². The molecular formula is C17Cl2F14O2. The minimum absolute atomic E-state index is 3.14. The van der Waals surface area contributed by atoms with Crippen LogP contribution >= 0.6 is 23.2 Å². The van der Waals surface area contributed by atoms with Gasteiger partial charge in [-0.25, -0.2) is 52.7 Å². The lowest BCUT2D eigenvalue weighted by Gasteiger charge is -2.38. The zero-order chi connectivity index (χ0) is 27.6. The molecule has 2 aromatic carbocycles. The van der Waals surface area contributed by atoms with Crippen molar-refractivity contribution in [2.75, 3.05) is 0 Å². The second-order valence-electron chi connectivity index (χ2n) is 6.33. The predicted octanol–water partition coefficient (Wildman–Crippen LogP) is 6.27. The first-order valence-electron chi connectivity index (χ1n) is 7.93. The summed E-state index contributed by atoms with van der Waals surface area (Å²) in [5.74, 6) is -40.9. The van der Waals surface area contributed by atoms with E-state index < -0.39 is 97.0 Å². The molecule has 0 aromatic heterocycles. The molecule has 2 atom stereocenters. The Morgan fingerprint density at radius 1 is 0.429 bits per heavy atom. The topological polar surface area (TPSA) is 34.1 Å². The molecule has 0 N–H and O–H groups in total. The lowest BCUT2D eigenvalue weighted by atomic mass is 9.77. The fourth-order valence-corrected chi connectivity index (χ4v) is 3.24. The van der Waals surface area contributed by atoms with Crippen LogP contribution in [-0.4, -0.2) is 16.4 Å². The fraction of sp³-hybridized carbons (Fsp3) is 0.176. The standard InChI is InChI=1S/C17Cl2F14O2/c18-13(34)15(30,1-3(20)7(24)11(28)8(25)4(1)21)17(32,33)16(31,14(19)35)2-5(22)9(26)12(29)10(27)6(2)23. The van der Waals surface area contributed by atoms with Gasteiger partial charge in [0, 0.05) is 0 Å². The quantitative estimate of drug-likeness (QED) is 0.177. The predicted molar refractivity (Wildman–Crippen MR) is 84.7 cm³/mol. The Kier molecular flexibility index (Phi) is 7.19. The molecular weight excluding hydrogens is 573 g/mol. The average Bonchev–Trinajstić information content (AvgIpc) is 2.78. The number of hydrogen-bond donors (Lipinski definition) is 0. The van der Waals surface area contributed by atoms with Crippen molar-refractivity contribution in [2.45, 2.75) is 17.3 Å². The normalized spacial score (nSPS) is 15.5. The molecule has 0 heterocycles. The number of carbonyl (C=O) groups excluding carboxylic acids is 2. The molecule has 2 nitrogen and oxygen atoms in total. The van der Waals surface area contributed by atoms with Gasteiger partial charge < -0.3 is 0 Å². The molecule has 2 unspecified atom stereocenters. The van der Waals surface area contributed by atoms with Crippen molar-refractivity contribution in [3.8, 4) is 0 Å². The molecule has 0 aliphatic rings. The van der Waals surface area contributed by atoms with Gasteiger partial charge >= 0.3 is 5.92 Å². The van der Waals surface area contributed by atoms with Gasteiger partial charge in [0.05, 0.1) is 11.1 Å². The Morgan fingerprint density at radius 3 is 0.771 bits per heavy atom. The largest absolute Gasteiger partial charge is 0.340 e. The summed E-state index contributed by atoms with van der Waals surface area (Å²) in [6.07, 6.45) is 0. The maximum atomic E-state index is 15.4. The highest BCUT2D eigenvalue weighted by Crippen LogP contribution is 2.58. The van der Waals surface area contributed by atoms with Gasteiger partial charge in [-0.2, -0.15) is 8.78 Å². The van der Waals surface area contributed by atoms with E-state index in [2.05, 4.69) is 23.2 Å². The van der Waals surface area contributed by atoms with Crippen molar-refractivity contribution in [2.24, 2.45) is 0 Å². The van der Waals surface area contributed by atoms with Crippen LogP contribution in [0, 0.1) is 58.2 Å². The van der Waals surface area contributed by atoms with Crippen molar-refractivity contribution >= 4 is 33.7 Å². The summed E-state index contributed by atoms with van der Waals surface area (Å²) in [4.78, 5) is 23.0. The second kappa shape index (κ2) is 8.80. The minimum atomic E-state index is -7.19.